The maximum Gasteiger partial charge on any atom is 0.265 e. The zero-order valence-electron chi connectivity index (χ0n) is 9.13. The van der Waals surface area contributed by atoms with E-state index in [2.05, 4.69) is 10.1 Å². The van der Waals surface area contributed by atoms with E-state index >= 15 is 0 Å². The van der Waals surface area contributed by atoms with Crippen LogP contribution in [0.15, 0.2) is 22.7 Å². The van der Waals surface area contributed by atoms with Crippen molar-refractivity contribution in [2.45, 2.75) is 19.3 Å². The summed E-state index contributed by atoms with van der Waals surface area (Å²) in [6.07, 6.45) is 3.23. The lowest BCUT2D eigenvalue weighted by molar-refractivity contribution is 0.408. The third-order valence-corrected chi connectivity index (χ3v) is 2.87. The molecule has 1 heterocycles. The minimum Gasteiger partial charge on any atom is -0.507 e. The molecule has 0 radical (unpaired) electrons. The van der Waals surface area contributed by atoms with Gasteiger partial charge in [-0.2, -0.15) is 4.98 Å². The van der Waals surface area contributed by atoms with Crippen LogP contribution in [0.2, 0.25) is 0 Å². The van der Waals surface area contributed by atoms with Crippen LogP contribution >= 0.6 is 0 Å². The number of nitrogens with zero attached hydrogens (tertiary/aromatic N) is 2. The molecule has 5 heteroatoms. The van der Waals surface area contributed by atoms with Crippen LogP contribution in [0.5, 0.6) is 11.5 Å². The Balaban J connectivity index is 1.94. The van der Waals surface area contributed by atoms with Gasteiger partial charge in [0.15, 0.2) is 5.82 Å². The van der Waals surface area contributed by atoms with Gasteiger partial charge in [0, 0.05) is 6.42 Å². The van der Waals surface area contributed by atoms with E-state index in [1.165, 1.54) is 25.0 Å². The molecular formula is C12H12N2O3. The average molecular weight is 232 g/mol. The molecule has 1 aliphatic carbocycles. The van der Waals surface area contributed by atoms with Gasteiger partial charge in [-0.1, -0.05) is 11.2 Å². The van der Waals surface area contributed by atoms with Crippen molar-refractivity contribution in [1.82, 2.24) is 10.1 Å². The first kappa shape index (κ1) is 10.1. The molecule has 1 saturated carbocycles. The highest BCUT2D eigenvalue weighted by molar-refractivity contribution is 5.69. The highest BCUT2D eigenvalue weighted by Crippen LogP contribution is 2.37. The Morgan fingerprint density at radius 1 is 1.24 bits per heavy atom. The largest absolute Gasteiger partial charge is 0.507 e. The van der Waals surface area contributed by atoms with Crippen LogP contribution in [0.25, 0.3) is 11.5 Å². The van der Waals surface area contributed by atoms with Crippen LogP contribution in [-0.4, -0.2) is 20.4 Å². The first-order valence-corrected chi connectivity index (χ1v) is 5.58. The van der Waals surface area contributed by atoms with E-state index in [1.54, 1.807) is 6.07 Å². The molecule has 0 unspecified atom stereocenters. The number of aromatic hydroxyl groups is 2. The van der Waals surface area contributed by atoms with Gasteiger partial charge in [-0.15, -0.1) is 0 Å². The lowest BCUT2D eigenvalue weighted by Gasteiger charge is -2.00. The van der Waals surface area contributed by atoms with Gasteiger partial charge in [0.1, 0.15) is 17.1 Å². The van der Waals surface area contributed by atoms with Crippen LogP contribution in [0.1, 0.15) is 18.7 Å². The van der Waals surface area contributed by atoms with Crippen molar-refractivity contribution >= 4 is 0 Å². The van der Waals surface area contributed by atoms with Crippen LogP contribution in [0.3, 0.4) is 0 Å². The van der Waals surface area contributed by atoms with Crippen molar-refractivity contribution in [2.24, 2.45) is 5.92 Å². The fourth-order valence-corrected chi connectivity index (χ4v) is 1.77. The SMILES string of the molecule is Oc1cccc(O)c1-c1nc(CC2CC2)no1. The van der Waals surface area contributed by atoms with Crippen molar-refractivity contribution in [1.29, 1.82) is 0 Å². The number of phenols is 2. The summed E-state index contributed by atoms with van der Waals surface area (Å²) in [4.78, 5) is 4.18. The number of hydrogen-bond acceptors (Lipinski definition) is 5. The first-order chi connectivity index (χ1) is 8.24. The van der Waals surface area contributed by atoms with E-state index in [0.29, 0.717) is 11.7 Å². The summed E-state index contributed by atoms with van der Waals surface area (Å²) in [5, 5.41) is 23.2. The van der Waals surface area contributed by atoms with Gasteiger partial charge < -0.3 is 14.7 Å². The van der Waals surface area contributed by atoms with Crippen LogP contribution in [0, 0.1) is 5.92 Å². The molecule has 88 valence electrons. The summed E-state index contributed by atoms with van der Waals surface area (Å²) in [5.41, 5.74) is 0.196. The van der Waals surface area contributed by atoms with Crippen molar-refractivity contribution in [3.8, 4) is 23.0 Å². The van der Waals surface area contributed by atoms with Crippen molar-refractivity contribution in [3.05, 3.63) is 24.0 Å². The summed E-state index contributed by atoms with van der Waals surface area (Å²) >= 11 is 0. The van der Waals surface area contributed by atoms with Crippen LogP contribution in [-0.2, 0) is 6.42 Å². The lowest BCUT2D eigenvalue weighted by atomic mass is 10.2. The molecule has 0 amide bonds. The van der Waals surface area contributed by atoms with Gasteiger partial charge in [0.05, 0.1) is 0 Å². The summed E-state index contributed by atoms with van der Waals surface area (Å²) in [6, 6.07) is 4.50. The van der Waals surface area contributed by atoms with Gasteiger partial charge in [-0.25, -0.2) is 0 Å². The second kappa shape index (κ2) is 3.76. The molecule has 0 atom stereocenters. The van der Waals surface area contributed by atoms with E-state index in [1.807, 2.05) is 0 Å². The Kier molecular flexibility index (Phi) is 2.24. The molecule has 0 saturated heterocycles. The molecule has 0 aliphatic heterocycles. The van der Waals surface area contributed by atoms with Gasteiger partial charge >= 0.3 is 0 Å². The second-order valence-electron chi connectivity index (χ2n) is 4.33. The van der Waals surface area contributed by atoms with Crippen LogP contribution in [0.4, 0.5) is 0 Å². The molecular weight excluding hydrogens is 220 g/mol. The predicted octanol–water partition coefficient (Wildman–Crippen LogP) is 2.10. The van der Waals surface area contributed by atoms with E-state index in [4.69, 9.17) is 4.52 Å². The van der Waals surface area contributed by atoms with Gasteiger partial charge in [-0.3, -0.25) is 0 Å². The Hall–Kier alpha value is -2.04. The molecule has 1 fully saturated rings. The third-order valence-electron chi connectivity index (χ3n) is 2.87. The molecule has 17 heavy (non-hydrogen) atoms. The van der Waals surface area contributed by atoms with Crippen LogP contribution < -0.4 is 0 Å². The highest BCUT2D eigenvalue weighted by atomic mass is 16.5. The Morgan fingerprint density at radius 3 is 2.59 bits per heavy atom. The number of hydrogen-bond donors (Lipinski definition) is 2. The zero-order chi connectivity index (χ0) is 11.8. The van der Waals surface area contributed by atoms with Crippen molar-refractivity contribution < 1.29 is 14.7 Å². The molecule has 0 spiro atoms. The number of rotatable bonds is 3. The monoisotopic (exact) mass is 232 g/mol. The van der Waals surface area contributed by atoms with Gasteiger partial charge in [0.2, 0.25) is 0 Å². The molecule has 0 bridgehead atoms. The molecule has 1 aliphatic rings. The maximum atomic E-state index is 9.66. The van der Waals surface area contributed by atoms with Gasteiger partial charge in [-0.05, 0) is 30.9 Å². The van der Waals surface area contributed by atoms with E-state index in [-0.39, 0.29) is 23.0 Å². The number of aromatic nitrogens is 2. The molecule has 2 aromatic rings. The smallest absolute Gasteiger partial charge is 0.265 e. The minimum absolute atomic E-state index is 0.0633. The summed E-state index contributed by atoms with van der Waals surface area (Å²) in [7, 11) is 0. The molecule has 2 N–H and O–H groups in total. The molecule has 5 nitrogen and oxygen atoms in total. The normalized spacial score (nSPS) is 15.1. The predicted molar refractivity (Wildman–Crippen MR) is 59.5 cm³/mol. The topological polar surface area (TPSA) is 79.4 Å². The van der Waals surface area contributed by atoms with E-state index < -0.39 is 0 Å². The summed E-state index contributed by atoms with van der Waals surface area (Å²) in [6.45, 7) is 0. The van der Waals surface area contributed by atoms with Crippen molar-refractivity contribution in [2.75, 3.05) is 0 Å². The Bertz CT molecular complexity index is 526. The maximum absolute atomic E-state index is 9.66. The quantitative estimate of drug-likeness (QED) is 0.847. The molecule has 3 rings (SSSR count). The lowest BCUT2D eigenvalue weighted by Crippen LogP contribution is -1.89. The fourth-order valence-electron chi connectivity index (χ4n) is 1.77. The van der Waals surface area contributed by atoms with E-state index in [9.17, 15) is 10.2 Å². The summed E-state index contributed by atoms with van der Waals surface area (Å²) in [5.74, 6) is 1.33. The highest BCUT2D eigenvalue weighted by Gasteiger charge is 2.25. The Morgan fingerprint density at radius 2 is 1.94 bits per heavy atom. The van der Waals surface area contributed by atoms with Crippen molar-refractivity contribution in [3.63, 3.8) is 0 Å². The minimum atomic E-state index is -0.0633. The zero-order valence-corrected chi connectivity index (χ0v) is 9.13. The molecule has 1 aromatic carbocycles. The Labute approximate surface area is 97.7 Å². The van der Waals surface area contributed by atoms with E-state index in [0.717, 1.165) is 6.42 Å². The fraction of sp³-hybridized carbons (Fsp3) is 0.333. The first-order valence-electron chi connectivity index (χ1n) is 5.58. The second-order valence-corrected chi connectivity index (χ2v) is 4.33. The number of phenolic OH excluding ortho intramolecular Hbond substituents is 2. The number of benzene rings is 1. The summed E-state index contributed by atoms with van der Waals surface area (Å²) < 4.78 is 5.06. The molecule has 1 aromatic heterocycles. The standard InChI is InChI=1S/C12H12N2O3/c15-8-2-1-3-9(16)11(8)12-13-10(14-17-12)6-7-4-5-7/h1-3,7,15-16H,4-6H2. The average Bonchev–Trinajstić information content (AvgIpc) is 2.97. The van der Waals surface area contributed by atoms with Gasteiger partial charge in [0.25, 0.3) is 5.89 Å². The third kappa shape index (κ3) is 1.95.